The molecule has 8 heteroatoms. The highest BCUT2D eigenvalue weighted by Gasteiger charge is 2.39. The average molecular weight is 331 g/mol. The molecule has 1 aromatic rings. The van der Waals surface area contributed by atoms with Gasteiger partial charge in [0.05, 0.1) is 6.61 Å². The molecule has 2 heterocycles. The molecule has 8 nitrogen and oxygen atoms in total. The molecule has 0 spiro atoms. The van der Waals surface area contributed by atoms with E-state index in [1.807, 2.05) is 0 Å². The summed E-state index contributed by atoms with van der Waals surface area (Å²) in [6.07, 6.45) is -0.104. The van der Waals surface area contributed by atoms with Crippen LogP contribution < -0.4 is 10.6 Å². The maximum atomic E-state index is 12.6. The van der Waals surface area contributed by atoms with E-state index in [0.29, 0.717) is 23.2 Å². The minimum absolute atomic E-state index is 0.197. The number of fused-ring (bicyclic) bond motifs is 1. The largest absolute Gasteiger partial charge is 0.450 e. The normalized spacial score (nSPS) is 19.8. The van der Waals surface area contributed by atoms with Gasteiger partial charge in [0.1, 0.15) is 6.04 Å². The smallest absolute Gasteiger partial charge is 0.411 e. The lowest BCUT2D eigenvalue weighted by molar-refractivity contribution is -0.136. The van der Waals surface area contributed by atoms with Crippen LogP contribution in [0.5, 0.6) is 0 Å². The number of hydrogen-bond donors (Lipinski definition) is 2. The third-order valence-corrected chi connectivity index (χ3v) is 4.09. The fourth-order valence-corrected chi connectivity index (χ4v) is 2.98. The molecule has 3 rings (SSSR count). The molecule has 1 aromatic carbocycles. The van der Waals surface area contributed by atoms with Crippen LogP contribution in [0.2, 0.25) is 0 Å². The van der Waals surface area contributed by atoms with Gasteiger partial charge in [0, 0.05) is 29.8 Å². The quantitative estimate of drug-likeness (QED) is 0.805. The Hall–Kier alpha value is -2.90. The third kappa shape index (κ3) is 2.82. The summed E-state index contributed by atoms with van der Waals surface area (Å²) in [6.45, 7) is 2.13. The maximum Gasteiger partial charge on any atom is 0.411 e. The molecule has 0 bridgehead atoms. The van der Waals surface area contributed by atoms with Gasteiger partial charge >= 0.3 is 6.09 Å². The van der Waals surface area contributed by atoms with Crippen LogP contribution in [0.1, 0.15) is 35.7 Å². The van der Waals surface area contributed by atoms with Gasteiger partial charge in [0.25, 0.3) is 5.91 Å². The highest BCUT2D eigenvalue weighted by molar-refractivity contribution is 6.06. The van der Waals surface area contributed by atoms with E-state index in [0.717, 1.165) is 0 Å². The van der Waals surface area contributed by atoms with Crippen LogP contribution in [-0.4, -0.2) is 41.4 Å². The van der Waals surface area contributed by atoms with Gasteiger partial charge in [-0.05, 0) is 25.5 Å². The van der Waals surface area contributed by atoms with E-state index in [1.165, 1.54) is 4.90 Å². The topological polar surface area (TPSA) is 105 Å². The van der Waals surface area contributed by atoms with Gasteiger partial charge in [-0.2, -0.15) is 0 Å². The molecule has 1 saturated heterocycles. The average Bonchev–Trinajstić information content (AvgIpc) is 2.86. The minimum atomic E-state index is -0.682. The molecule has 126 valence electrons. The Morgan fingerprint density at radius 1 is 1.38 bits per heavy atom. The van der Waals surface area contributed by atoms with Gasteiger partial charge in [-0.25, -0.2) is 4.79 Å². The zero-order valence-electron chi connectivity index (χ0n) is 13.1. The van der Waals surface area contributed by atoms with Gasteiger partial charge in [-0.1, -0.05) is 6.07 Å². The standard InChI is InChI=1S/C16H17N3O5/c1-2-24-16(23)17-11-5-3-4-9-10(11)8-19(15(9)22)12-6-7-13(20)18-14(12)21/h3-5,12H,2,6-8H2,1H3,(H,17,23)(H,18,20,21). The second-order valence-corrected chi connectivity index (χ2v) is 5.58. The first kappa shape index (κ1) is 16.0. The Balaban J connectivity index is 1.83. The highest BCUT2D eigenvalue weighted by atomic mass is 16.5. The summed E-state index contributed by atoms with van der Waals surface area (Å²) in [4.78, 5) is 49.0. The van der Waals surface area contributed by atoms with Crippen molar-refractivity contribution in [2.75, 3.05) is 11.9 Å². The van der Waals surface area contributed by atoms with E-state index in [1.54, 1.807) is 25.1 Å². The van der Waals surface area contributed by atoms with E-state index in [-0.39, 0.29) is 31.4 Å². The lowest BCUT2D eigenvalue weighted by Gasteiger charge is -2.29. The number of benzene rings is 1. The third-order valence-electron chi connectivity index (χ3n) is 4.09. The summed E-state index contributed by atoms with van der Waals surface area (Å²) in [5.41, 5.74) is 1.56. The Morgan fingerprint density at radius 3 is 2.88 bits per heavy atom. The molecule has 0 saturated carbocycles. The first-order chi connectivity index (χ1) is 11.5. The Labute approximate surface area is 138 Å². The number of rotatable bonds is 3. The van der Waals surface area contributed by atoms with Crippen molar-refractivity contribution in [1.29, 1.82) is 0 Å². The predicted octanol–water partition coefficient (Wildman–Crippen LogP) is 1.02. The number of anilines is 1. The number of carbonyl (C=O) groups is 4. The van der Waals surface area contributed by atoms with Crippen molar-refractivity contribution in [1.82, 2.24) is 10.2 Å². The zero-order valence-corrected chi connectivity index (χ0v) is 13.1. The van der Waals surface area contributed by atoms with E-state index in [9.17, 15) is 19.2 Å². The Morgan fingerprint density at radius 2 is 2.17 bits per heavy atom. The lowest BCUT2D eigenvalue weighted by atomic mass is 10.0. The molecule has 1 fully saturated rings. The van der Waals surface area contributed by atoms with Crippen molar-refractivity contribution in [3.8, 4) is 0 Å². The number of imide groups is 1. The first-order valence-corrected chi connectivity index (χ1v) is 7.71. The minimum Gasteiger partial charge on any atom is -0.450 e. The van der Waals surface area contributed by atoms with Crippen LogP contribution in [0, 0.1) is 0 Å². The number of ether oxygens (including phenoxy) is 1. The van der Waals surface area contributed by atoms with Crippen LogP contribution in [0.4, 0.5) is 10.5 Å². The number of carbonyl (C=O) groups excluding carboxylic acids is 4. The summed E-state index contributed by atoms with van der Waals surface area (Å²) in [5, 5.41) is 4.87. The van der Waals surface area contributed by atoms with E-state index >= 15 is 0 Å². The lowest BCUT2D eigenvalue weighted by Crippen LogP contribution is -2.52. The Kier molecular flexibility index (Phi) is 4.20. The summed E-state index contributed by atoms with van der Waals surface area (Å²) in [7, 11) is 0. The molecule has 0 radical (unpaired) electrons. The van der Waals surface area contributed by atoms with Crippen LogP contribution in [0.3, 0.4) is 0 Å². The molecule has 2 aliphatic heterocycles. The van der Waals surface area contributed by atoms with E-state index in [4.69, 9.17) is 4.74 Å². The van der Waals surface area contributed by atoms with Crippen LogP contribution in [0.15, 0.2) is 18.2 Å². The monoisotopic (exact) mass is 331 g/mol. The van der Waals surface area contributed by atoms with Crippen molar-refractivity contribution in [3.05, 3.63) is 29.3 Å². The number of nitrogens with one attached hydrogen (secondary N) is 2. The number of nitrogens with zero attached hydrogens (tertiary/aromatic N) is 1. The maximum absolute atomic E-state index is 12.6. The van der Waals surface area contributed by atoms with Gasteiger partial charge < -0.3 is 9.64 Å². The van der Waals surface area contributed by atoms with Gasteiger partial charge in [-0.15, -0.1) is 0 Å². The van der Waals surface area contributed by atoms with Crippen molar-refractivity contribution in [2.24, 2.45) is 0 Å². The molecule has 24 heavy (non-hydrogen) atoms. The van der Waals surface area contributed by atoms with Crippen LogP contribution in [0.25, 0.3) is 0 Å². The molecule has 2 N–H and O–H groups in total. The SMILES string of the molecule is CCOC(=O)Nc1cccc2c1CN(C1CCC(=O)NC1=O)C2=O. The zero-order chi connectivity index (χ0) is 17.3. The fourth-order valence-electron chi connectivity index (χ4n) is 2.98. The number of piperidine rings is 1. The summed E-state index contributed by atoms with van der Waals surface area (Å²) in [6, 6.07) is 4.31. The summed E-state index contributed by atoms with van der Waals surface area (Å²) >= 11 is 0. The second kappa shape index (κ2) is 6.31. The van der Waals surface area contributed by atoms with Crippen molar-refractivity contribution < 1.29 is 23.9 Å². The van der Waals surface area contributed by atoms with E-state index in [2.05, 4.69) is 10.6 Å². The van der Waals surface area contributed by atoms with Crippen LogP contribution in [-0.2, 0) is 20.9 Å². The van der Waals surface area contributed by atoms with Gasteiger partial charge in [0.2, 0.25) is 11.8 Å². The van der Waals surface area contributed by atoms with Crippen molar-refractivity contribution in [3.63, 3.8) is 0 Å². The molecule has 0 aliphatic carbocycles. The second-order valence-electron chi connectivity index (χ2n) is 5.58. The molecule has 1 atom stereocenters. The fraction of sp³-hybridized carbons (Fsp3) is 0.375. The molecule has 1 unspecified atom stereocenters. The van der Waals surface area contributed by atoms with Gasteiger partial charge in [0.15, 0.2) is 0 Å². The molecular weight excluding hydrogens is 314 g/mol. The van der Waals surface area contributed by atoms with Crippen molar-refractivity contribution in [2.45, 2.75) is 32.4 Å². The molecule has 0 aromatic heterocycles. The molecule has 2 aliphatic rings. The van der Waals surface area contributed by atoms with Crippen molar-refractivity contribution >= 4 is 29.5 Å². The van der Waals surface area contributed by atoms with E-state index < -0.39 is 18.0 Å². The highest BCUT2D eigenvalue weighted by Crippen LogP contribution is 2.32. The molecule has 4 amide bonds. The predicted molar refractivity (Wildman–Crippen MR) is 83.1 cm³/mol. The summed E-state index contributed by atoms with van der Waals surface area (Å²) in [5.74, 6) is -1.08. The first-order valence-electron chi connectivity index (χ1n) is 7.71. The number of amides is 4. The van der Waals surface area contributed by atoms with Gasteiger partial charge in [-0.3, -0.25) is 25.0 Å². The summed E-state index contributed by atoms with van der Waals surface area (Å²) < 4.78 is 4.85. The molecular formula is C16H17N3O5. The number of hydrogen-bond acceptors (Lipinski definition) is 5. The van der Waals surface area contributed by atoms with Crippen LogP contribution >= 0.6 is 0 Å². The Bertz CT molecular complexity index is 730.